The van der Waals surface area contributed by atoms with Crippen molar-refractivity contribution in [2.24, 2.45) is 5.92 Å². The fourth-order valence-corrected chi connectivity index (χ4v) is 1.33. The van der Waals surface area contributed by atoms with Gasteiger partial charge in [-0.3, -0.25) is 4.79 Å². The molecule has 6 nitrogen and oxygen atoms in total. The van der Waals surface area contributed by atoms with Crippen molar-refractivity contribution in [2.75, 3.05) is 33.7 Å². The maximum Gasteiger partial charge on any atom is 0.317 e. The van der Waals surface area contributed by atoms with Crippen molar-refractivity contribution in [3.63, 3.8) is 0 Å². The van der Waals surface area contributed by atoms with Crippen molar-refractivity contribution in [1.29, 1.82) is 0 Å². The van der Waals surface area contributed by atoms with Gasteiger partial charge in [-0.2, -0.15) is 0 Å². The van der Waals surface area contributed by atoms with Gasteiger partial charge in [0.1, 0.15) is 0 Å². The number of likely N-dealkylation sites (tertiary alicyclic amines) is 1. The Morgan fingerprint density at radius 1 is 1.50 bits per heavy atom. The number of carbonyl (C=O) groups excluding carboxylic acids is 1. The Morgan fingerprint density at radius 2 is 2.06 bits per heavy atom. The molecule has 0 aromatic heterocycles. The van der Waals surface area contributed by atoms with E-state index in [9.17, 15) is 9.59 Å². The normalized spacial score (nSPS) is 18.1. The Hall–Kier alpha value is -1.30. The van der Waals surface area contributed by atoms with Crippen LogP contribution in [0.25, 0.3) is 0 Å². The Bertz CT molecular complexity index is 274. The monoisotopic (exact) mass is 229 g/mol. The van der Waals surface area contributed by atoms with E-state index in [0.717, 1.165) is 0 Å². The molecule has 6 heteroatoms. The Balaban J connectivity index is 2.21. The van der Waals surface area contributed by atoms with Gasteiger partial charge in [-0.1, -0.05) is 0 Å². The largest absolute Gasteiger partial charge is 0.481 e. The fourth-order valence-electron chi connectivity index (χ4n) is 1.33. The first-order valence-electron chi connectivity index (χ1n) is 5.33. The van der Waals surface area contributed by atoms with Crippen molar-refractivity contribution in [3.05, 3.63) is 0 Å². The smallest absolute Gasteiger partial charge is 0.317 e. The predicted molar refractivity (Wildman–Crippen MR) is 59.2 cm³/mol. The minimum Gasteiger partial charge on any atom is -0.481 e. The van der Waals surface area contributed by atoms with Crippen LogP contribution in [0.5, 0.6) is 0 Å². The standard InChI is InChI=1S/C10H19N3O3/c1-7(12(2)3)4-11-10(16)13-5-8(6-13)9(14)15/h7-8H,4-6H2,1-3H3,(H,11,16)(H,14,15). The lowest BCUT2D eigenvalue weighted by Gasteiger charge is -2.36. The quantitative estimate of drug-likeness (QED) is 0.692. The van der Waals surface area contributed by atoms with E-state index in [-0.39, 0.29) is 12.1 Å². The summed E-state index contributed by atoms with van der Waals surface area (Å²) < 4.78 is 0. The molecule has 1 aliphatic rings. The van der Waals surface area contributed by atoms with E-state index < -0.39 is 11.9 Å². The van der Waals surface area contributed by atoms with E-state index in [1.807, 2.05) is 25.9 Å². The van der Waals surface area contributed by atoms with Gasteiger partial charge in [-0.05, 0) is 21.0 Å². The van der Waals surface area contributed by atoms with Crippen LogP contribution in [0.1, 0.15) is 6.92 Å². The average molecular weight is 229 g/mol. The Kier molecular flexibility index (Phi) is 4.12. The van der Waals surface area contributed by atoms with Gasteiger partial charge < -0.3 is 20.2 Å². The number of carbonyl (C=O) groups is 2. The molecule has 0 aliphatic carbocycles. The Morgan fingerprint density at radius 3 is 2.50 bits per heavy atom. The molecule has 1 unspecified atom stereocenters. The number of amides is 2. The van der Waals surface area contributed by atoms with Crippen LogP contribution >= 0.6 is 0 Å². The SMILES string of the molecule is CC(CNC(=O)N1CC(C(=O)O)C1)N(C)C. The molecule has 1 atom stereocenters. The van der Waals surface area contributed by atoms with Gasteiger partial charge in [-0.15, -0.1) is 0 Å². The second-order valence-corrected chi connectivity index (χ2v) is 4.44. The third-order valence-corrected chi connectivity index (χ3v) is 2.95. The molecule has 1 heterocycles. The zero-order valence-corrected chi connectivity index (χ0v) is 9.93. The van der Waals surface area contributed by atoms with Crippen LogP contribution in [0.3, 0.4) is 0 Å². The minimum atomic E-state index is -0.828. The molecule has 0 radical (unpaired) electrons. The molecule has 1 saturated heterocycles. The molecule has 0 spiro atoms. The van der Waals surface area contributed by atoms with Gasteiger partial charge in [0.05, 0.1) is 5.92 Å². The summed E-state index contributed by atoms with van der Waals surface area (Å²) in [5, 5.41) is 11.4. The highest BCUT2D eigenvalue weighted by Crippen LogP contribution is 2.15. The molecule has 2 N–H and O–H groups in total. The van der Waals surface area contributed by atoms with Crippen LogP contribution in [-0.2, 0) is 4.79 Å². The summed E-state index contributed by atoms with van der Waals surface area (Å²) in [5.74, 6) is -1.22. The van der Waals surface area contributed by atoms with Gasteiger partial charge in [0.2, 0.25) is 0 Å². The molecule has 0 aromatic rings. The van der Waals surface area contributed by atoms with Crippen LogP contribution < -0.4 is 5.32 Å². The highest BCUT2D eigenvalue weighted by molar-refractivity contribution is 5.79. The number of likely N-dealkylation sites (N-methyl/N-ethyl adjacent to an activating group) is 1. The summed E-state index contributed by atoms with van der Waals surface area (Å²) in [7, 11) is 3.89. The number of hydrogen-bond donors (Lipinski definition) is 2. The van der Waals surface area contributed by atoms with Crippen molar-refractivity contribution in [3.8, 4) is 0 Å². The molecule has 92 valence electrons. The summed E-state index contributed by atoms with van der Waals surface area (Å²) >= 11 is 0. The molecule has 1 rings (SSSR count). The number of carboxylic acid groups (broad SMARTS) is 1. The number of carboxylic acids is 1. The third-order valence-electron chi connectivity index (χ3n) is 2.95. The Labute approximate surface area is 95.2 Å². The van der Waals surface area contributed by atoms with E-state index >= 15 is 0 Å². The highest BCUT2D eigenvalue weighted by Gasteiger charge is 2.35. The van der Waals surface area contributed by atoms with Gasteiger partial charge in [0.15, 0.2) is 0 Å². The van der Waals surface area contributed by atoms with E-state index in [1.165, 1.54) is 4.90 Å². The topological polar surface area (TPSA) is 72.9 Å². The second kappa shape index (κ2) is 5.16. The first-order valence-corrected chi connectivity index (χ1v) is 5.33. The number of aliphatic carboxylic acids is 1. The van der Waals surface area contributed by atoms with Crippen LogP contribution in [0.4, 0.5) is 4.79 Å². The first-order chi connectivity index (χ1) is 7.41. The summed E-state index contributed by atoms with van der Waals surface area (Å²) in [4.78, 5) is 25.6. The molecule has 1 aliphatic heterocycles. The molecular weight excluding hydrogens is 210 g/mol. The number of nitrogens with zero attached hydrogens (tertiary/aromatic N) is 2. The second-order valence-electron chi connectivity index (χ2n) is 4.44. The van der Waals surface area contributed by atoms with Crippen LogP contribution in [0.2, 0.25) is 0 Å². The van der Waals surface area contributed by atoms with E-state index in [1.54, 1.807) is 0 Å². The maximum atomic E-state index is 11.5. The molecule has 0 aromatic carbocycles. The zero-order valence-electron chi connectivity index (χ0n) is 9.93. The van der Waals surface area contributed by atoms with Crippen molar-refractivity contribution in [2.45, 2.75) is 13.0 Å². The fraction of sp³-hybridized carbons (Fsp3) is 0.800. The molecular formula is C10H19N3O3. The molecule has 1 fully saturated rings. The predicted octanol–water partition coefficient (Wildman–Crippen LogP) is -0.337. The van der Waals surface area contributed by atoms with E-state index in [4.69, 9.17) is 5.11 Å². The lowest BCUT2D eigenvalue weighted by Crippen LogP contribution is -2.57. The van der Waals surface area contributed by atoms with Crippen LogP contribution in [0.15, 0.2) is 0 Å². The third kappa shape index (κ3) is 3.10. The minimum absolute atomic E-state index is 0.175. The highest BCUT2D eigenvalue weighted by atomic mass is 16.4. The van der Waals surface area contributed by atoms with Crippen molar-refractivity contribution >= 4 is 12.0 Å². The number of urea groups is 1. The van der Waals surface area contributed by atoms with Gasteiger partial charge in [0, 0.05) is 25.7 Å². The van der Waals surface area contributed by atoms with Crippen molar-refractivity contribution < 1.29 is 14.7 Å². The van der Waals surface area contributed by atoms with E-state index in [0.29, 0.717) is 19.6 Å². The lowest BCUT2D eigenvalue weighted by atomic mass is 10.0. The molecule has 2 amide bonds. The number of hydrogen-bond acceptors (Lipinski definition) is 3. The summed E-state index contributed by atoms with van der Waals surface area (Å²) in [5.41, 5.74) is 0. The average Bonchev–Trinajstić information content (AvgIpc) is 2.10. The van der Waals surface area contributed by atoms with Crippen LogP contribution in [-0.4, -0.2) is 66.7 Å². The molecule has 0 bridgehead atoms. The number of rotatable bonds is 4. The maximum absolute atomic E-state index is 11.5. The first kappa shape index (κ1) is 12.8. The van der Waals surface area contributed by atoms with Crippen LogP contribution in [0, 0.1) is 5.92 Å². The van der Waals surface area contributed by atoms with Crippen molar-refractivity contribution in [1.82, 2.24) is 15.1 Å². The molecule has 16 heavy (non-hydrogen) atoms. The van der Waals surface area contributed by atoms with Gasteiger partial charge >= 0.3 is 12.0 Å². The van der Waals surface area contributed by atoms with E-state index in [2.05, 4.69) is 5.32 Å². The van der Waals surface area contributed by atoms with Gasteiger partial charge in [-0.25, -0.2) is 4.79 Å². The summed E-state index contributed by atoms with van der Waals surface area (Å²) in [6, 6.07) is 0.0895. The zero-order chi connectivity index (χ0) is 12.3. The lowest BCUT2D eigenvalue weighted by molar-refractivity contribution is -0.146. The van der Waals surface area contributed by atoms with Gasteiger partial charge in [0.25, 0.3) is 0 Å². The molecule has 0 saturated carbocycles. The summed E-state index contributed by atoms with van der Waals surface area (Å²) in [6.07, 6.45) is 0. The summed E-state index contributed by atoms with van der Waals surface area (Å²) in [6.45, 7) is 3.21. The number of nitrogens with one attached hydrogen (secondary N) is 1.